The molecular formula is C9H10F2N2O2. The molecule has 0 aliphatic heterocycles. The van der Waals surface area contributed by atoms with Crippen LogP contribution in [0, 0.1) is 11.8 Å². The van der Waals surface area contributed by atoms with E-state index in [1.165, 1.54) is 0 Å². The van der Waals surface area contributed by atoms with Gasteiger partial charge in [0.1, 0.15) is 0 Å². The highest BCUT2D eigenvalue weighted by Crippen LogP contribution is 2.14. The zero-order chi connectivity index (χ0) is 11.6. The first-order valence-corrected chi connectivity index (χ1v) is 4.24. The molecule has 4 nitrogen and oxygen atoms in total. The number of rotatable bonds is 2. The molecule has 2 N–H and O–H groups in total. The van der Waals surface area contributed by atoms with Crippen molar-refractivity contribution in [2.24, 2.45) is 0 Å². The van der Waals surface area contributed by atoms with Crippen LogP contribution in [-0.2, 0) is 4.74 Å². The molecule has 0 aliphatic rings. The molecule has 82 valence electrons. The van der Waals surface area contributed by atoms with Gasteiger partial charge in [0.05, 0.1) is 11.8 Å². The molecule has 0 spiro atoms. The fourth-order valence-corrected chi connectivity index (χ4v) is 0.896. The van der Waals surface area contributed by atoms with Crippen LogP contribution in [0.5, 0.6) is 0 Å². The summed E-state index contributed by atoms with van der Waals surface area (Å²) in [5.74, 6) is -3.52. The van der Waals surface area contributed by atoms with Crippen LogP contribution in [0.2, 0.25) is 0 Å². The minimum atomic E-state index is -1.41. The van der Waals surface area contributed by atoms with E-state index < -0.39 is 23.4 Å². The number of pyridine rings is 1. The highest BCUT2D eigenvalue weighted by Gasteiger charge is 2.16. The maximum Gasteiger partial charge on any atom is 0.357 e. The van der Waals surface area contributed by atoms with Crippen LogP contribution in [0.3, 0.4) is 0 Å². The third-order valence-corrected chi connectivity index (χ3v) is 1.50. The first-order chi connectivity index (χ1) is 6.91. The van der Waals surface area contributed by atoms with Gasteiger partial charge in [-0.25, -0.2) is 9.78 Å². The summed E-state index contributed by atoms with van der Waals surface area (Å²) < 4.78 is 30.2. The summed E-state index contributed by atoms with van der Waals surface area (Å²) >= 11 is 0. The molecule has 1 rings (SSSR count). The number of esters is 1. The second-order valence-electron chi connectivity index (χ2n) is 3.16. The highest BCUT2D eigenvalue weighted by atomic mass is 19.2. The molecular weight excluding hydrogens is 206 g/mol. The Kier molecular flexibility index (Phi) is 3.18. The van der Waals surface area contributed by atoms with Crippen molar-refractivity contribution in [3.05, 3.63) is 23.5 Å². The van der Waals surface area contributed by atoms with E-state index in [-0.39, 0.29) is 11.8 Å². The maximum absolute atomic E-state index is 12.8. The zero-order valence-electron chi connectivity index (χ0n) is 8.25. The second-order valence-corrected chi connectivity index (χ2v) is 3.16. The normalized spacial score (nSPS) is 10.5. The SMILES string of the molecule is CC(C)OC(=O)c1cc(N)c(F)c(F)n1. The number of ether oxygens (including phenoxy) is 1. The number of aromatic nitrogens is 1. The third-order valence-electron chi connectivity index (χ3n) is 1.50. The Labute approximate surface area is 85.1 Å². The van der Waals surface area contributed by atoms with Gasteiger partial charge >= 0.3 is 5.97 Å². The number of carbonyl (C=O) groups is 1. The number of nitrogens with zero attached hydrogens (tertiary/aromatic N) is 1. The molecule has 1 heterocycles. The highest BCUT2D eigenvalue weighted by molar-refractivity contribution is 5.88. The quantitative estimate of drug-likeness (QED) is 0.601. The second kappa shape index (κ2) is 4.20. The molecule has 0 saturated carbocycles. The number of carbonyl (C=O) groups excluding carboxylic acids is 1. The van der Waals surface area contributed by atoms with E-state index in [1.807, 2.05) is 0 Å². The minimum absolute atomic E-state index is 0.347. The van der Waals surface area contributed by atoms with Crippen LogP contribution in [0.25, 0.3) is 0 Å². The first-order valence-electron chi connectivity index (χ1n) is 4.24. The molecule has 1 aromatic heterocycles. The number of hydrogen-bond donors (Lipinski definition) is 1. The van der Waals surface area contributed by atoms with E-state index in [1.54, 1.807) is 13.8 Å². The number of nitrogen functional groups attached to an aromatic ring is 1. The van der Waals surface area contributed by atoms with Crippen LogP contribution in [0.4, 0.5) is 14.5 Å². The van der Waals surface area contributed by atoms with Gasteiger partial charge in [-0.05, 0) is 19.9 Å². The van der Waals surface area contributed by atoms with Gasteiger partial charge in [-0.1, -0.05) is 0 Å². The Morgan fingerprint density at radius 1 is 1.53 bits per heavy atom. The van der Waals surface area contributed by atoms with Gasteiger partial charge in [0.25, 0.3) is 5.95 Å². The number of nitrogens with two attached hydrogens (primary N) is 1. The first kappa shape index (κ1) is 11.4. The van der Waals surface area contributed by atoms with Gasteiger partial charge in [-0.15, -0.1) is 0 Å². The predicted octanol–water partition coefficient (Wildman–Crippen LogP) is 1.51. The van der Waals surface area contributed by atoms with Gasteiger partial charge in [-0.2, -0.15) is 8.78 Å². The van der Waals surface area contributed by atoms with Crippen LogP contribution >= 0.6 is 0 Å². The van der Waals surface area contributed by atoms with Gasteiger partial charge in [0.15, 0.2) is 5.69 Å². The lowest BCUT2D eigenvalue weighted by molar-refractivity contribution is 0.0369. The van der Waals surface area contributed by atoms with Crippen molar-refractivity contribution < 1.29 is 18.3 Å². The Bertz CT molecular complexity index is 371. The van der Waals surface area contributed by atoms with E-state index in [2.05, 4.69) is 4.98 Å². The summed E-state index contributed by atoms with van der Waals surface area (Å²) in [6, 6.07) is 0.934. The monoisotopic (exact) mass is 216 g/mol. The third kappa shape index (κ3) is 2.61. The van der Waals surface area contributed by atoms with Gasteiger partial charge in [0.2, 0.25) is 5.82 Å². The zero-order valence-corrected chi connectivity index (χ0v) is 8.25. The average Bonchev–Trinajstić information content (AvgIpc) is 2.12. The van der Waals surface area contributed by atoms with Crippen molar-refractivity contribution in [3.8, 4) is 0 Å². The smallest absolute Gasteiger partial charge is 0.357 e. The van der Waals surface area contributed by atoms with Gasteiger partial charge < -0.3 is 10.5 Å². The van der Waals surface area contributed by atoms with E-state index in [9.17, 15) is 13.6 Å². The lowest BCUT2D eigenvalue weighted by atomic mass is 10.3. The predicted molar refractivity (Wildman–Crippen MR) is 49.1 cm³/mol. The Morgan fingerprint density at radius 2 is 2.13 bits per heavy atom. The summed E-state index contributed by atoms with van der Waals surface area (Å²) in [5, 5.41) is 0. The number of hydrogen-bond acceptors (Lipinski definition) is 4. The van der Waals surface area contributed by atoms with E-state index in [0.717, 1.165) is 6.07 Å². The van der Waals surface area contributed by atoms with Crippen molar-refractivity contribution in [2.45, 2.75) is 20.0 Å². The lowest BCUT2D eigenvalue weighted by Crippen LogP contribution is -2.15. The molecule has 0 aliphatic carbocycles. The molecule has 0 saturated heterocycles. The van der Waals surface area contributed by atoms with Crippen molar-refractivity contribution in [1.29, 1.82) is 0 Å². The van der Waals surface area contributed by atoms with Gasteiger partial charge in [-0.3, -0.25) is 0 Å². The number of anilines is 1. The van der Waals surface area contributed by atoms with Crippen molar-refractivity contribution in [1.82, 2.24) is 4.98 Å². The van der Waals surface area contributed by atoms with Crippen LogP contribution in [0.15, 0.2) is 6.07 Å². The molecule has 0 fully saturated rings. The molecule has 0 unspecified atom stereocenters. The molecule has 0 radical (unpaired) electrons. The molecule has 0 amide bonds. The summed E-state index contributed by atoms with van der Waals surface area (Å²) in [6.07, 6.45) is -0.367. The summed E-state index contributed by atoms with van der Waals surface area (Å²) in [6.45, 7) is 3.25. The molecule has 0 bridgehead atoms. The van der Waals surface area contributed by atoms with E-state index in [0.29, 0.717) is 0 Å². The molecule has 15 heavy (non-hydrogen) atoms. The Morgan fingerprint density at radius 3 is 2.60 bits per heavy atom. The molecule has 1 aromatic rings. The van der Waals surface area contributed by atoms with Crippen LogP contribution < -0.4 is 5.73 Å². The summed E-state index contributed by atoms with van der Waals surface area (Å²) in [5.41, 5.74) is 4.31. The Hall–Kier alpha value is -1.72. The van der Waals surface area contributed by atoms with Crippen LogP contribution in [0.1, 0.15) is 24.3 Å². The standard InChI is InChI=1S/C9H10F2N2O2/c1-4(2)15-9(14)6-3-5(12)7(10)8(11)13-6/h3-4H,1-2H3,(H2,12,13). The maximum atomic E-state index is 12.8. The number of halogens is 2. The fourth-order valence-electron chi connectivity index (χ4n) is 0.896. The summed E-state index contributed by atoms with van der Waals surface area (Å²) in [4.78, 5) is 14.3. The van der Waals surface area contributed by atoms with E-state index in [4.69, 9.17) is 10.5 Å². The van der Waals surface area contributed by atoms with Crippen molar-refractivity contribution in [2.75, 3.05) is 5.73 Å². The largest absolute Gasteiger partial charge is 0.458 e. The topological polar surface area (TPSA) is 65.2 Å². The van der Waals surface area contributed by atoms with E-state index >= 15 is 0 Å². The van der Waals surface area contributed by atoms with Crippen LogP contribution in [-0.4, -0.2) is 17.1 Å². The molecule has 0 atom stereocenters. The Balaban J connectivity index is 3.01. The molecule has 6 heteroatoms. The lowest BCUT2D eigenvalue weighted by Gasteiger charge is -2.07. The van der Waals surface area contributed by atoms with Gasteiger partial charge in [0, 0.05) is 0 Å². The van der Waals surface area contributed by atoms with Crippen molar-refractivity contribution >= 4 is 11.7 Å². The van der Waals surface area contributed by atoms with Crippen molar-refractivity contribution in [3.63, 3.8) is 0 Å². The molecule has 0 aromatic carbocycles. The summed E-state index contributed by atoms with van der Waals surface area (Å²) in [7, 11) is 0. The average molecular weight is 216 g/mol. The minimum Gasteiger partial charge on any atom is -0.458 e. The fraction of sp³-hybridized carbons (Fsp3) is 0.333.